The molecule has 3 nitrogen and oxygen atoms in total. The highest BCUT2D eigenvalue weighted by Gasteiger charge is 2.19. The Morgan fingerprint density at radius 3 is 2.71 bits per heavy atom. The van der Waals surface area contributed by atoms with Crippen LogP contribution in [0.25, 0.3) is 0 Å². The Bertz CT molecular complexity index is 409. The SMILES string of the molecule is COc1ccc(Br)c(C(=O)N(C)C(C)CBr)c1. The first-order chi connectivity index (χ1) is 8.01. The highest BCUT2D eigenvalue weighted by Crippen LogP contribution is 2.24. The zero-order valence-corrected chi connectivity index (χ0v) is 13.2. The number of alkyl halides is 1. The molecule has 0 aromatic heterocycles. The van der Waals surface area contributed by atoms with Crippen molar-refractivity contribution in [3.8, 4) is 5.75 Å². The second-order valence-electron chi connectivity index (χ2n) is 3.77. The molecule has 0 saturated heterocycles. The van der Waals surface area contributed by atoms with Gasteiger partial charge in [-0.3, -0.25) is 4.79 Å². The molecule has 1 aromatic rings. The maximum atomic E-state index is 12.3. The van der Waals surface area contributed by atoms with Gasteiger partial charge in [0.15, 0.2) is 0 Å². The summed E-state index contributed by atoms with van der Waals surface area (Å²) < 4.78 is 5.90. The summed E-state index contributed by atoms with van der Waals surface area (Å²) in [6, 6.07) is 5.51. The van der Waals surface area contributed by atoms with Crippen molar-refractivity contribution in [2.45, 2.75) is 13.0 Å². The minimum absolute atomic E-state index is 0.0253. The number of halogens is 2. The maximum absolute atomic E-state index is 12.3. The van der Waals surface area contributed by atoms with Crippen LogP contribution in [0.4, 0.5) is 0 Å². The first-order valence-corrected chi connectivity index (χ1v) is 7.09. The molecule has 0 fully saturated rings. The molecule has 1 amide bonds. The van der Waals surface area contributed by atoms with Gasteiger partial charge >= 0.3 is 0 Å². The molecule has 1 aromatic carbocycles. The van der Waals surface area contributed by atoms with E-state index in [0.29, 0.717) is 11.3 Å². The van der Waals surface area contributed by atoms with Gasteiger partial charge in [-0.25, -0.2) is 0 Å². The fourth-order valence-electron chi connectivity index (χ4n) is 1.29. The van der Waals surface area contributed by atoms with Gasteiger partial charge in [-0.15, -0.1) is 0 Å². The molecule has 0 heterocycles. The minimum atomic E-state index is -0.0253. The zero-order chi connectivity index (χ0) is 13.0. The Balaban J connectivity index is 3.02. The summed E-state index contributed by atoms with van der Waals surface area (Å²) in [5.74, 6) is 0.652. The van der Waals surface area contributed by atoms with Gasteiger partial charge in [0, 0.05) is 22.9 Å². The second-order valence-corrected chi connectivity index (χ2v) is 5.27. The molecule has 1 atom stereocenters. The highest BCUT2D eigenvalue weighted by atomic mass is 79.9. The molecule has 5 heteroatoms. The van der Waals surface area contributed by atoms with Crippen LogP contribution in [-0.4, -0.2) is 36.3 Å². The molecule has 1 rings (SSSR count). The van der Waals surface area contributed by atoms with Crippen LogP contribution in [0.1, 0.15) is 17.3 Å². The van der Waals surface area contributed by atoms with Crippen LogP contribution in [0.2, 0.25) is 0 Å². The Kier molecular flexibility index (Phi) is 5.46. The van der Waals surface area contributed by atoms with Crippen LogP contribution < -0.4 is 4.74 Å². The van der Waals surface area contributed by atoms with Crippen molar-refractivity contribution in [1.82, 2.24) is 4.90 Å². The van der Waals surface area contributed by atoms with Crippen molar-refractivity contribution in [2.75, 3.05) is 19.5 Å². The van der Waals surface area contributed by atoms with Gasteiger partial charge in [0.25, 0.3) is 5.91 Å². The Morgan fingerprint density at radius 1 is 1.53 bits per heavy atom. The number of nitrogens with zero attached hydrogens (tertiary/aromatic N) is 1. The average Bonchev–Trinajstić information content (AvgIpc) is 2.36. The smallest absolute Gasteiger partial charge is 0.255 e. The third-order valence-corrected chi connectivity index (χ3v) is 4.24. The van der Waals surface area contributed by atoms with Gasteiger partial charge < -0.3 is 9.64 Å². The summed E-state index contributed by atoms with van der Waals surface area (Å²) in [5, 5.41) is 0.747. The van der Waals surface area contributed by atoms with Crippen LogP contribution >= 0.6 is 31.9 Å². The van der Waals surface area contributed by atoms with Crippen molar-refractivity contribution in [2.24, 2.45) is 0 Å². The number of methoxy groups -OCH3 is 1. The van der Waals surface area contributed by atoms with Crippen LogP contribution in [-0.2, 0) is 0 Å². The predicted molar refractivity (Wildman–Crippen MR) is 76.0 cm³/mol. The predicted octanol–water partition coefficient (Wildman–Crippen LogP) is 3.31. The average molecular weight is 365 g/mol. The number of amides is 1. The van der Waals surface area contributed by atoms with E-state index in [1.165, 1.54) is 0 Å². The van der Waals surface area contributed by atoms with E-state index in [1.54, 1.807) is 25.1 Å². The van der Waals surface area contributed by atoms with Crippen molar-refractivity contribution in [1.29, 1.82) is 0 Å². The fraction of sp³-hybridized carbons (Fsp3) is 0.417. The molecule has 94 valence electrons. The Morgan fingerprint density at radius 2 is 2.18 bits per heavy atom. The molecule has 17 heavy (non-hydrogen) atoms. The minimum Gasteiger partial charge on any atom is -0.497 e. The molecular formula is C12H15Br2NO2. The summed E-state index contributed by atoms with van der Waals surface area (Å²) in [6.45, 7) is 1.99. The number of carbonyl (C=O) groups is 1. The van der Waals surface area contributed by atoms with Gasteiger partial charge in [0.2, 0.25) is 0 Å². The molecule has 0 aliphatic heterocycles. The van der Waals surface area contributed by atoms with Gasteiger partial charge in [0.05, 0.1) is 12.7 Å². The fourth-order valence-corrected chi connectivity index (χ4v) is 2.14. The number of hydrogen-bond acceptors (Lipinski definition) is 2. The molecule has 0 N–H and O–H groups in total. The number of ether oxygens (including phenoxy) is 1. The van der Waals surface area contributed by atoms with Crippen molar-refractivity contribution in [3.63, 3.8) is 0 Å². The summed E-state index contributed by atoms with van der Waals surface area (Å²) in [6.07, 6.45) is 0. The van der Waals surface area contributed by atoms with Crippen LogP contribution in [0.3, 0.4) is 0 Å². The third kappa shape index (κ3) is 3.45. The number of benzene rings is 1. The van der Waals surface area contributed by atoms with Gasteiger partial charge in [-0.05, 0) is 41.1 Å². The lowest BCUT2D eigenvalue weighted by atomic mass is 10.1. The van der Waals surface area contributed by atoms with E-state index in [9.17, 15) is 4.79 Å². The highest BCUT2D eigenvalue weighted by molar-refractivity contribution is 9.10. The lowest BCUT2D eigenvalue weighted by Crippen LogP contribution is -2.36. The molecular weight excluding hydrogens is 350 g/mol. The van der Waals surface area contributed by atoms with E-state index < -0.39 is 0 Å². The van der Waals surface area contributed by atoms with Crippen molar-refractivity contribution in [3.05, 3.63) is 28.2 Å². The van der Waals surface area contributed by atoms with E-state index >= 15 is 0 Å². The molecule has 0 aliphatic carbocycles. The summed E-state index contributed by atoms with van der Waals surface area (Å²) in [4.78, 5) is 14.0. The summed E-state index contributed by atoms with van der Waals surface area (Å²) >= 11 is 6.76. The Labute approximate surface area is 118 Å². The maximum Gasteiger partial charge on any atom is 0.255 e. The Hall–Kier alpha value is -0.550. The van der Waals surface area contributed by atoms with Crippen LogP contribution in [0, 0.1) is 0 Å². The normalized spacial score (nSPS) is 12.1. The molecule has 0 bridgehead atoms. The monoisotopic (exact) mass is 363 g/mol. The molecule has 0 saturated carbocycles. The summed E-state index contributed by atoms with van der Waals surface area (Å²) in [5.41, 5.74) is 0.611. The van der Waals surface area contributed by atoms with Crippen LogP contribution in [0.15, 0.2) is 22.7 Å². The van der Waals surface area contributed by atoms with Crippen molar-refractivity contribution < 1.29 is 9.53 Å². The van der Waals surface area contributed by atoms with E-state index in [4.69, 9.17) is 4.74 Å². The molecule has 0 radical (unpaired) electrons. The van der Waals surface area contributed by atoms with E-state index in [0.717, 1.165) is 9.80 Å². The van der Waals surface area contributed by atoms with E-state index in [-0.39, 0.29) is 11.9 Å². The first kappa shape index (κ1) is 14.5. The summed E-state index contributed by atoms with van der Waals surface area (Å²) in [7, 11) is 3.38. The molecule has 0 spiro atoms. The molecule has 0 aliphatic rings. The van der Waals surface area contributed by atoms with E-state index in [2.05, 4.69) is 31.9 Å². The number of carbonyl (C=O) groups excluding carboxylic acids is 1. The number of hydrogen-bond donors (Lipinski definition) is 0. The zero-order valence-electron chi connectivity index (χ0n) is 10.0. The quantitative estimate of drug-likeness (QED) is 0.767. The molecule has 1 unspecified atom stereocenters. The lowest BCUT2D eigenvalue weighted by molar-refractivity contribution is 0.0757. The van der Waals surface area contributed by atoms with Gasteiger partial charge in [-0.1, -0.05) is 15.9 Å². The number of rotatable bonds is 4. The van der Waals surface area contributed by atoms with Crippen LogP contribution in [0.5, 0.6) is 5.75 Å². The topological polar surface area (TPSA) is 29.5 Å². The van der Waals surface area contributed by atoms with Crippen molar-refractivity contribution >= 4 is 37.8 Å². The van der Waals surface area contributed by atoms with E-state index in [1.807, 2.05) is 19.1 Å². The second kappa shape index (κ2) is 6.40. The lowest BCUT2D eigenvalue weighted by Gasteiger charge is -2.23. The largest absolute Gasteiger partial charge is 0.497 e. The standard InChI is InChI=1S/C12H15Br2NO2/c1-8(7-13)15(2)12(16)10-6-9(17-3)4-5-11(10)14/h4-6,8H,7H2,1-3H3. The van der Waals surface area contributed by atoms with Gasteiger partial charge in [-0.2, -0.15) is 0 Å². The van der Waals surface area contributed by atoms with Gasteiger partial charge in [0.1, 0.15) is 5.75 Å². The first-order valence-electron chi connectivity index (χ1n) is 5.18. The third-order valence-electron chi connectivity index (χ3n) is 2.61.